The molecule has 2 atom stereocenters. The summed E-state index contributed by atoms with van der Waals surface area (Å²) >= 11 is 1.80. The molecule has 0 spiro atoms. The minimum atomic E-state index is 0.271. The molecule has 1 aliphatic rings. The van der Waals surface area contributed by atoms with Crippen LogP contribution in [0.2, 0.25) is 0 Å². The van der Waals surface area contributed by atoms with Gasteiger partial charge in [-0.2, -0.15) is 0 Å². The van der Waals surface area contributed by atoms with Crippen LogP contribution in [-0.2, 0) is 12.8 Å². The van der Waals surface area contributed by atoms with Crippen LogP contribution in [0.4, 0.5) is 0 Å². The molecule has 1 aliphatic carbocycles. The maximum Gasteiger partial charge on any atom is 0.0482 e. The van der Waals surface area contributed by atoms with Gasteiger partial charge in [0.25, 0.3) is 0 Å². The third-order valence-electron chi connectivity index (χ3n) is 3.94. The molecular weight excluding hydrogens is 254 g/mol. The molecule has 0 aromatic carbocycles. The van der Waals surface area contributed by atoms with Crippen LogP contribution in [0.5, 0.6) is 0 Å². The highest BCUT2D eigenvalue weighted by molar-refractivity contribution is 7.09. The molecule has 2 unspecified atom stereocenters. The lowest BCUT2D eigenvalue weighted by atomic mass is 9.81. The Morgan fingerprint density at radius 3 is 3.16 bits per heavy atom. The van der Waals surface area contributed by atoms with Gasteiger partial charge in [-0.15, -0.1) is 11.3 Å². The van der Waals surface area contributed by atoms with E-state index in [1.165, 1.54) is 29.0 Å². The third kappa shape index (κ3) is 2.71. The smallest absolute Gasteiger partial charge is 0.0482 e. The Kier molecular flexibility index (Phi) is 3.92. The van der Waals surface area contributed by atoms with Gasteiger partial charge in [0.05, 0.1) is 0 Å². The van der Waals surface area contributed by atoms with Gasteiger partial charge >= 0.3 is 0 Å². The molecule has 2 aromatic heterocycles. The van der Waals surface area contributed by atoms with Gasteiger partial charge in [0.1, 0.15) is 0 Å². The fourth-order valence-electron chi connectivity index (χ4n) is 3.00. The Bertz CT molecular complexity index is 524. The van der Waals surface area contributed by atoms with Crippen molar-refractivity contribution < 1.29 is 0 Å². The number of thiophene rings is 1. The largest absolute Gasteiger partial charge is 0.271 e. The quantitative estimate of drug-likeness (QED) is 0.665. The molecule has 0 saturated heterocycles. The van der Waals surface area contributed by atoms with E-state index in [0.29, 0.717) is 5.92 Å². The van der Waals surface area contributed by atoms with Crippen LogP contribution in [-0.4, -0.2) is 11.0 Å². The van der Waals surface area contributed by atoms with Crippen molar-refractivity contribution in [3.05, 3.63) is 52.0 Å². The van der Waals surface area contributed by atoms with Crippen molar-refractivity contribution in [2.75, 3.05) is 0 Å². The second-order valence-corrected chi connectivity index (χ2v) is 6.14. The number of aryl methyl sites for hydroxylation is 1. The molecule has 2 aromatic rings. The van der Waals surface area contributed by atoms with Gasteiger partial charge in [-0.25, -0.2) is 0 Å². The van der Waals surface area contributed by atoms with Gasteiger partial charge in [0.15, 0.2) is 0 Å². The van der Waals surface area contributed by atoms with Crippen molar-refractivity contribution in [2.24, 2.45) is 5.84 Å². The molecule has 0 aliphatic heterocycles. The van der Waals surface area contributed by atoms with Crippen LogP contribution in [0, 0.1) is 0 Å². The molecule has 19 heavy (non-hydrogen) atoms. The molecule has 2 heterocycles. The van der Waals surface area contributed by atoms with Crippen molar-refractivity contribution in [1.29, 1.82) is 0 Å². The molecule has 0 bridgehead atoms. The summed E-state index contributed by atoms with van der Waals surface area (Å²) in [4.78, 5) is 5.99. The maximum atomic E-state index is 5.80. The van der Waals surface area contributed by atoms with Gasteiger partial charge in [-0.1, -0.05) is 12.1 Å². The maximum absolute atomic E-state index is 5.80. The highest BCUT2D eigenvalue weighted by Gasteiger charge is 2.28. The van der Waals surface area contributed by atoms with Crippen LogP contribution < -0.4 is 11.3 Å². The van der Waals surface area contributed by atoms with E-state index in [1.54, 1.807) is 11.3 Å². The lowest BCUT2D eigenvalue weighted by molar-refractivity contribution is 0.389. The van der Waals surface area contributed by atoms with E-state index in [0.717, 1.165) is 12.8 Å². The van der Waals surface area contributed by atoms with E-state index in [4.69, 9.17) is 5.84 Å². The van der Waals surface area contributed by atoms with Crippen molar-refractivity contribution in [3.8, 4) is 0 Å². The van der Waals surface area contributed by atoms with Gasteiger partial charge in [0, 0.05) is 28.7 Å². The first-order valence-corrected chi connectivity index (χ1v) is 7.68. The van der Waals surface area contributed by atoms with E-state index in [-0.39, 0.29) is 6.04 Å². The van der Waals surface area contributed by atoms with E-state index in [9.17, 15) is 0 Å². The monoisotopic (exact) mass is 273 g/mol. The standard InChI is InChI=1S/C15H19N3S/c16-18-14(10-12-6-3-9-19-12)13-7-1-4-11-5-2-8-17-15(11)13/h2-3,5-6,8-9,13-14,18H,1,4,7,10,16H2. The molecule has 3 N–H and O–H groups in total. The summed E-state index contributed by atoms with van der Waals surface area (Å²) in [5, 5.41) is 2.12. The molecular formula is C15H19N3S. The zero-order valence-electron chi connectivity index (χ0n) is 10.9. The van der Waals surface area contributed by atoms with Gasteiger partial charge in [0.2, 0.25) is 0 Å². The van der Waals surface area contributed by atoms with E-state index in [1.807, 2.05) is 12.3 Å². The topological polar surface area (TPSA) is 50.9 Å². The number of hydrogen-bond donors (Lipinski definition) is 2. The van der Waals surface area contributed by atoms with Crippen molar-refractivity contribution in [2.45, 2.75) is 37.6 Å². The Labute approximate surface area is 117 Å². The van der Waals surface area contributed by atoms with E-state index in [2.05, 4.69) is 34.0 Å². The minimum absolute atomic E-state index is 0.271. The van der Waals surface area contributed by atoms with Crippen LogP contribution in [0.1, 0.15) is 34.9 Å². The molecule has 4 heteroatoms. The summed E-state index contributed by atoms with van der Waals surface area (Å²) in [6, 6.07) is 8.78. The first-order chi connectivity index (χ1) is 9.38. The number of nitrogens with zero attached hydrogens (tertiary/aromatic N) is 1. The van der Waals surface area contributed by atoms with E-state index >= 15 is 0 Å². The second-order valence-electron chi connectivity index (χ2n) is 5.10. The molecule has 3 nitrogen and oxygen atoms in total. The molecule has 0 radical (unpaired) electrons. The summed E-state index contributed by atoms with van der Waals surface area (Å²) in [5.41, 5.74) is 5.66. The normalized spacial score (nSPS) is 19.9. The van der Waals surface area contributed by atoms with Crippen LogP contribution in [0.3, 0.4) is 0 Å². The number of hydrogen-bond acceptors (Lipinski definition) is 4. The second kappa shape index (κ2) is 5.82. The molecule has 100 valence electrons. The molecule has 0 amide bonds. The lowest BCUT2D eigenvalue weighted by Crippen LogP contribution is -2.42. The highest BCUT2D eigenvalue weighted by Crippen LogP contribution is 2.33. The average Bonchev–Trinajstić information content (AvgIpc) is 2.97. The molecule has 0 fully saturated rings. The number of aromatic nitrogens is 1. The number of rotatable bonds is 4. The van der Waals surface area contributed by atoms with Crippen LogP contribution in [0.15, 0.2) is 35.8 Å². The summed E-state index contributed by atoms with van der Waals surface area (Å²) in [6.45, 7) is 0. The van der Waals surface area contributed by atoms with Gasteiger partial charge < -0.3 is 0 Å². The van der Waals surface area contributed by atoms with Crippen LogP contribution >= 0.6 is 11.3 Å². The zero-order valence-corrected chi connectivity index (χ0v) is 11.7. The SMILES string of the molecule is NNC(Cc1cccs1)C1CCCc2cccnc21. The Morgan fingerprint density at radius 1 is 1.42 bits per heavy atom. The number of hydrazine groups is 1. The average molecular weight is 273 g/mol. The first kappa shape index (κ1) is 12.8. The number of fused-ring (bicyclic) bond motifs is 1. The van der Waals surface area contributed by atoms with Crippen molar-refractivity contribution >= 4 is 11.3 Å². The minimum Gasteiger partial charge on any atom is -0.271 e. The predicted octanol–water partition coefficient (Wildman–Crippen LogP) is 2.64. The Morgan fingerprint density at radius 2 is 2.37 bits per heavy atom. The predicted molar refractivity (Wildman–Crippen MR) is 79.1 cm³/mol. The molecule has 3 rings (SSSR count). The summed E-state index contributed by atoms with van der Waals surface area (Å²) in [6.07, 6.45) is 6.43. The Hall–Kier alpha value is -1.23. The zero-order chi connectivity index (χ0) is 13.1. The highest BCUT2D eigenvalue weighted by atomic mass is 32.1. The van der Waals surface area contributed by atoms with Gasteiger partial charge in [-0.3, -0.25) is 16.3 Å². The number of nitrogens with one attached hydrogen (secondary N) is 1. The van der Waals surface area contributed by atoms with Crippen molar-refractivity contribution in [1.82, 2.24) is 10.4 Å². The van der Waals surface area contributed by atoms with Gasteiger partial charge in [-0.05, 0) is 48.8 Å². The lowest BCUT2D eigenvalue weighted by Gasteiger charge is -2.30. The summed E-state index contributed by atoms with van der Waals surface area (Å²) in [5.74, 6) is 6.23. The van der Waals surface area contributed by atoms with Crippen LogP contribution in [0.25, 0.3) is 0 Å². The summed E-state index contributed by atoms with van der Waals surface area (Å²) < 4.78 is 0. The summed E-state index contributed by atoms with van der Waals surface area (Å²) in [7, 11) is 0. The number of pyridine rings is 1. The molecule has 0 saturated carbocycles. The van der Waals surface area contributed by atoms with Crippen molar-refractivity contribution in [3.63, 3.8) is 0 Å². The fourth-order valence-corrected chi connectivity index (χ4v) is 3.76. The first-order valence-electron chi connectivity index (χ1n) is 6.81. The Balaban J connectivity index is 1.84. The third-order valence-corrected chi connectivity index (χ3v) is 4.84. The number of nitrogens with two attached hydrogens (primary N) is 1. The fraction of sp³-hybridized carbons (Fsp3) is 0.400. The van der Waals surface area contributed by atoms with E-state index < -0.39 is 0 Å².